The number of hydrogen-bond donors (Lipinski definition) is 3. The van der Waals surface area contributed by atoms with Gasteiger partial charge in [0.25, 0.3) is 0 Å². The van der Waals surface area contributed by atoms with Crippen molar-refractivity contribution in [3.8, 4) is 6.07 Å². The second kappa shape index (κ2) is 1.89. The summed E-state index contributed by atoms with van der Waals surface area (Å²) in [4.78, 5) is 0. The van der Waals surface area contributed by atoms with E-state index in [0.717, 1.165) is 0 Å². The lowest BCUT2D eigenvalue weighted by Gasteiger charge is -2.11. The van der Waals surface area contributed by atoms with Gasteiger partial charge in [-0.1, -0.05) is 0 Å². The van der Waals surface area contributed by atoms with Gasteiger partial charge in [0.15, 0.2) is 0 Å². The summed E-state index contributed by atoms with van der Waals surface area (Å²) in [5.41, 5.74) is 14.9. The molecule has 0 aromatic carbocycles. The van der Waals surface area contributed by atoms with E-state index in [1.165, 1.54) is 0 Å². The molecule has 0 saturated heterocycles. The van der Waals surface area contributed by atoms with Crippen LogP contribution in [-0.2, 0) is 0 Å². The van der Waals surface area contributed by atoms with Crippen molar-refractivity contribution < 1.29 is 0 Å². The summed E-state index contributed by atoms with van der Waals surface area (Å²) in [6.07, 6.45) is -0.0208. The average molecular weight is 100 g/mol. The van der Waals surface area contributed by atoms with Crippen molar-refractivity contribution in [1.29, 1.82) is 5.26 Å². The molecule has 0 amide bonds. The van der Waals surface area contributed by atoms with Crippen LogP contribution in [-0.4, -0.2) is 5.79 Å². The second-order valence-electron chi connectivity index (χ2n) is 1.45. The molecule has 0 fully saturated rings. The molecule has 0 aliphatic heterocycles. The maximum absolute atomic E-state index is 7.91. The topological polar surface area (TPSA) is 102 Å². The molecule has 0 saturated carbocycles. The Bertz CT molecular complexity index is 84.1. The van der Waals surface area contributed by atoms with Crippen LogP contribution in [0.4, 0.5) is 0 Å². The highest BCUT2D eigenvalue weighted by Gasteiger charge is 2.08. The van der Waals surface area contributed by atoms with Gasteiger partial charge >= 0.3 is 0 Å². The fourth-order valence-corrected chi connectivity index (χ4v) is 0.137. The summed E-state index contributed by atoms with van der Waals surface area (Å²) >= 11 is 0. The minimum atomic E-state index is -1.31. The predicted octanol–water partition coefficient (Wildman–Crippen LogP) is -1.57. The Kier molecular flexibility index (Phi) is 1.72. The third-order valence-electron chi connectivity index (χ3n) is 0.385. The number of nitrogens with two attached hydrogens (primary N) is 3. The van der Waals surface area contributed by atoms with E-state index in [0.29, 0.717) is 0 Å². The Morgan fingerprint density at radius 3 is 1.86 bits per heavy atom. The van der Waals surface area contributed by atoms with E-state index in [-0.39, 0.29) is 6.42 Å². The van der Waals surface area contributed by atoms with Crippen LogP contribution in [0.1, 0.15) is 6.42 Å². The molecule has 0 aromatic rings. The highest BCUT2D eigenvalue weighted by Crippen LogP contribution is 1.81. The maximum atomic E-state index is 7.91. The van der Waals surface area contributed by atoms with Crippen LogP contribution in [0.5, 0.6) is 0 Å². The lowest BCUT2D eigenvalue weighted by Crippen LogP contribution is -2.57. The molecular formula is C3H8N4. The van der Waals surface area contributed by atoms with Crippen molar-refractivity contribution >= 4 is 0 Å². The lowest BCUT2D eigenvalue weighted by molar-refractivity contribution is 0.473. The summed E-state index contributed by atoms with van der Waals surface area (Å²) in [6.45, 7) is 0. The Morgan fingerprint density at radius 2 is 1.86 bits per heavy atom. The van der Waals surface area contributed by atoms with Gasteiger partial charge in [0, 0.05) is 0 Å². The fraction of sp³-hybridized carbons (Fsp3) is 0.667. The molecular weight excluding hydrogens is 92.1 g/mol. The normalized spacial score (nSPS) is 10.6. The van der Waals surface area contributed by atoms with Crippen LogP contribution in [0.25, 0.3) is 0 Å². The molecule has 4 nitrogen and oxygen atoms in total. The van der Waals surface area contributed by atoms with Gasteiger partial charge in [0.2, 0.25) is 0 Å². The van der Waals surface area contributed by atoms with E-state index in [9.17, 15) is 0 Å². The third-order valence-corrected chi connectivity index (χ3v) is 0.385. The zero-order chi connectivity index (χ0) is 5.91. The lowest BCUT2D eigenvalue weighted by atomic mass is 10.3. The van der Waals surface area contributed by atoms with E-state index < -0.39 is 5.79 Å². The Balaban J connectivity index is 3.40. The Morgan fingerprint density at radius 1 is 1.43 bits per heavy atom. The van der Waals surface area contributed by atoms with Crippen LogP contribution in [0.3, 0.4) is 0 Å². The number of rotatable bonds is 1. The summed E-state index contributed by atoms with van der Waals surface area (Å²) in [5.74, 6) is -1.31. The zero-order valence-corrected chi connectivity index (χ0v) is 3.89. The first kappa shape index (κ1) is 6.37. The summed E-state index contributed by atoms with van der Waals surface area (Å²) in [5, 5.41) is 7.91. The molecule has 4 heteroatoms. The van der Waals surface area contributed by atoms with Crippen molar-refractivity contribution in [2.24, 2.45) is 17.2 Å². The van der Waals surface area contributed by atoms with E-state index in [4.69, 9.17) is 22.5 Å². The Labute approximate surface area is 41.9 Å². The number of nitriles is 1. The molecule has 0 unspecified atom stereocenters. The molecule has 40 valence electrons. The monoisotopic (exact) mass is 100 g/mol. The van der Waals surface area contributed by atoms with Gasteiger partial charge in [-0.05, 0) is 0 Å². The molecule has 0 aliphatic rings. The van der Waals surface area contributed by atoms with E-state index in [2.05, 4.69) is 0 Å². The molecule has 0 heterocycles. The molecule has 0 aliphatic carbocycles. The number of hydrogen-bond acceptors (Lipinski definition) is 4. The summed E-state index contributed by atoms with van der Waals surface area (Å²) in [6, 6.07) is 1.73. The van der Waals surface area contributed by atoms with Crippen molar-refractivity contribution in [1.82, 2.24) is 0 Å². The first-order valence-electron chi connectivity index (χ1n) is 1.80. The molecule has 0 aromatic heterocycles. The molecule has 6 N–H and O–H groups in total. The first-order valence-corrected chi connectivity index (χ1v) is 1.80. The van der Waals surface area contributed by atoms with Crippen LogP contribution in [0, 0.1) is 11.3 Å². The van der Waals surface area contributed by atoms with E-state index in [1.54, 1.807) is 6.07 Å². The predicted molar refractivity (Wildman–Crippen MR) is 25.5 cm³/mol. The average Bonchev–Trinajstić information content (AvgIpc) is 1.30. The molecule has 7 heavy (non-hydrogen) atoms. The quantitative estimate of drug-likeness (QED) is 0.346. The van der Waals surface area contributed by atoms with Crippen LogP contribution < -0.4 is 17.2 Å². The van der Waals surface area contributed by atoms with Gasteiger partial charge in [-0.25, -0.2) is 0 Å². The van der Waals surface area contributed by atoms with Crippen molar-refractivity contribution in [2.45, 2.75) is 12.2 Å². The third kappa shape index (κ3) is 5.37. The van der Waals surface area contributed by atoms with Crippen LogP contribution >= 0.6 is 0 Å². The van der Waals surface area contributed by atoms with Gasteiger partial charge in [0.1, 0.15) is 5.79 Å². The molecule has 0 spiro atoms. The minimum Gasteiger partial charge on any atom is -0.300 e. The maximum Gasteiger partial charge on any atom is 0.129 e. The molecule has 0 bridgehead atoms. The van der Waals surface area contributed by atoms with Crippen molar-refractivity contribution in [2.75, 3.05) is 0 Å². The standard InChI is InChI=1S/C3H8N4/c4-2-1-3(5,6)7/h1,5-7H2. The van der Waals surface area contributed by atoms with Gasteiger partial charge in [-0.2, -0.15) is 5.26 Å². The van der Waals surface area contributed by atoms with Crippen molar-refractivity contribution in [3.05, 3.63) is 0 Å². The molecule has 0 atom stereocenters. The number of nitrogens with zero attached hydrogens (tertiary/aromatic N) is 1. The first-order chi connectivity index (χ1) is 3.06. The van der Waals surface area contributed by atoms with E-state index >= 15 is 0 Å². The second-order valence-corrected chi connectivity index (χ2v) is 1.45. The van der Waals surface area contributed by atoms with Gasteiger partial charge in [-0.3, -0.25) is 0 Å². The zero-order valence-electron chi connectivity index (χ0n) is 3.89. The molecule has 0 radical (unpaired) electrons. The highest BCUT2D eigenvalue weighted by atomic mass is 15.1. The summed E-state index contributed by atoms with van der Waals surface area (Å²) < 4.78 is 0. The van der Waals surface area contributed by atoms with E-state index in [1.807, 2.05) is 0 Å². The van der Waals surface area contributed by atoms with Crippen LogP contribution in [0.15, 0.2) is 0 Å². The molecule has 0 rings (SSSR count). The van der Waals surface area contributed by atoms with Gasteiger partial charge in [-0.15, -0.1) is 0 Å². The van der Waals surface area contributed by atoms with Crippen molar-refractivity contribution in [3.63, 3.8) is 0 Å². The Hall–Kier alpha value is -0.630. The summed E-state index contributed by atoms with van der Waals surface area (Å²) in [7, 11) is 0. The SMILES string of the molecule is N#CCC(N)(N)N. The largest absolute Gasteiger partial charge is 0.300 e. The van der Waals surface area contributed by atoms with Gasteiger partial charge < -0.3 is 17.2 Å². The van der Waals surface area contributed by atoms with Gasteiger partial charge in [0.05, 0.1) is 12.5 Å². The fourth-order valence-electron chi connectivity index (χ4n) is 0.137. The smallest absolute Gasteiger partial charge is 0.129 e. The highest BCUT2D eigenvalue weighted by molar-refractivity contribution is 4.82. The minimum absolute atomic E-state index is 0.0208. The van der Waals surface area contributed by atoms with Crippen LogP contribution in [0.2, 0.25) is 0 Å².